The van der Waals surface area contributed by atoms with Gasteiger partial charge in [-0.15, -0.1) is 0 Å². The number of hydrogen-bond acceptors (Lipinski definition) is 4. The molecule has 1 aliphatic rings. The number of methoxy groups -OCH3 is 2. The number of amides is 2. The number of para-hydroxylation sites is 1. The molecule has 1 saturated heterocycles. The lowest BCUT2D eigenvalue weighted by Crippen LogP contribution is -2.35. The maximum atomic E-state index is 13.3. The summed E-state index contributed by atoms with van der Waals surface area (Å²) in [7, 11) is 3.13. The van der Waals surface area contributed by atoms with Crippen LogP contribution in [0.4, 0.5) is 4.39 Å². The molecule has 0 spiro atoms. The Labute approximate surface area is 198 Å². The van der Waals surface area contributed by atoms with Crippen LogP contribution in [0.3, 0.4) is 0 Å². The van der Waals surface area contributed by atoms with Crippen molar-refractivity contribution in [2.24, 2.45) is 5.92 Å². The summed E-state index contributed by atoms with van der Waals surface area (Å²) in [6, 6.07) is 20.6. The number of halogens is 1. The number of hydrogen-bond donors (Lipinski definition) is 1. The van der Waals surface area contributed by atoms with E-state index in [1.807, 2.05) is 30.3 Å². The van der Waals surface area contributed by atoms with Gasteiger partial charge in [-0.3, -0.25) is 9.59 Å². The molecule has 7 heteroatoms. The van der Waals surface area contributed by atoms with E-state index in [1.54, 1.807) is 49.5 Å². The molecule has 34 heavy (non-hydrogen) atoms. The summed E-state index contributed by atoms with van der Waals surface area (Å²) < 4.78 is 24.3. The zero-order valence-corrected chi connectivity index (χ0v) is 19.2. The van der Waals surface area contributed by atoms with Crippen molar-refractivity contribution >= 4 is 11.8 Å². The van der Waals surface area contributed by atoms with Crippen LogP contribution in [-0.2, 0) is 11.3 Å². The maximum absolute atomic E-state index is 13.3. The first kappa shape index (κ1) is 23.3. The smallest absolute Gasteiger partial charge is 0.253 e. The SMILES string of the molecule is COc1cccc(C2CN(C(=O)c3ccccc3)CC2C(=O)NCc2ccc(F)cc2)c1OC. The highest BCUT2D eigenvalue weighted by atomic mass is 19.1. The third kappa shape index (κ3) is 4.88. The third-order valence-corrected chi connectivity index (χ3v) is 6.18. The Bertz CT molecular complexity index is 1150. The van der Waals surface area contributed by atoms with Crippen molar-refractivity contribution in [2.45, 2.75) is 12.5 Å². The molecule has 3 aromatic rings. The van der Waals surface area contributed by atoms with Gasteiger partial charge in [-0.1, -0.05) is 42.5 Å². The Morgan fingerprint density at radius 2 is 1.68 bits per heavy atom. The highest BCUT2D eigenvalue weighted by Gasteiger charge is 2.42. The average molecular weight is 463 g/mol. The Hall–Kier alpha value is -3.87. The molecule has 0 saturated carbocycles. The average Bonchev–Trinajstić information content (AvgIpc) is 3.33. The van der Waals surface area contributed by atoms with E-state index < -0.39 is 5.92 Å². The summed E-state index contributed by atoms with van der Waals surface area (Å²) in [6.45, 7) is 0.907. The van der Waals surface area contributed by atoms with Gasteiger partial charge in [0.05, 0.1) is 20.1 Å². The number of benzene rings is 3. The van der Waals surface area contributed by atoms with Gasteiger partial charge in [0.25, 0.3) is 5.91 Å². The third-order valence-electron chi connectivity index (χ3n) is 6.18. The van der Waals surface area contributed by atoms with E-state index >= 15 is 0 Å². The minimum atomic E-state index is -0.492. The highest BCUT2D eigenvalue weighted by Crippen LogP contribution is 2.42. The van der Waals surface area contributed by atoms with Crippen LogP contribution < -0.4 is 14.8 Å². The summed E-state index contributed by atoms with van der Waals surface area (Å²) in [5.74, 6) is -0.284. The monoisotopic (exact) mass is 462 g/mol. The number of likely N-dealkylation sites (tertiary alicyclic amines) is 1. The Morgan fingerprint density at radius 1 is 0.941 bits per heavy atom. The van der Waals surface area contributed by atoms with Crippen LogP contribution in [0.1, 0.15) is 27.4 Å². The molecule has 2 atom stereocenters. The fourth-order valence-corrected chi connectivity index (χ4v) is 4.44. The molecule has 6 nitrogen and oxygen atoms in total. The Morgan fingerprint density at radius 3 is 2.35 bits per heavy atom. The summed E-state index contributed by atoms with van der Waals surface area (Å²) in [5.41, 5.74) is 2.18. The van der Waals surface area contributed by atoms with Gasteiger partial charge in [-0.05, 0) is 35.9 Å². The zero-order valence-electron chi connectivity index (χ0n) is 19.2. The summed E-state index contributed by atoms with van der Waals surface area (Å²) >= 11 is 0. The molecule has 176 valence electrons. The highest BCUT2D eigenvalue weighted by molar-refractivity contribution is 5.95. The number of carbonyl (C=O) groups is 2. The molecule has 0 radical (unpaired) electrons. The van der Waals surface area contributed by atoms with Crippen molar-refractivity contribution in [3.05, 3.63) is 95.3 Å². The number of carbonyl (C=O) groups excluding carboxylic acids is 2. The lowest BCUT2D eigenvalue weighted by atomic mass is 9.87. The fourth-order valence-electron chi connectivity index (χ4n) is 4.44. The minimum absolute atomic E-state index is 0.124. The quantitative estimate of drug-likeness (QED) is 0.576. The van der Waals surface area contributed by atoms with Crippen molar-refractivity contribution in [3.8, 4) is 11.5 Å². The van der Waals surface area contributed by atoms with E-state index in [0.29, 0.717) is 23.6 Å². The van der Waals surface area contributed by atoms with Crippen LogP contribution in [0.5, 0.6) is 11.5 Å². The minimum Gasteiger partial charge on any atom is -0.493 e. The van der Waals surface area contributed by atoms with Gasteiger partial charge in [0.1, 0.15) is 5.82 Å². The number of nitrogens with one attached hydrogen (secondary N) is 1. The molecule has 1 fully saturated rings. The second-order valence-electron chi connectivity index (χ2n) is 8.22. The van der Waals surface area contributed by atoms with E-state index in [1.165, 1.54) is 12.1 Å². The maximum Gasteiger partial charge on any atom is 0.253 e. The van der Waals surface area contributed by atoms with Crippen molar-refractivity contribution < 1.29 is 23.5 Å². The van der Waals surface area contributed by atoms with E-state index in [0.717, 1.165) is 11.1 Å². The number of nitrogens with zero attached hydrogens (tertiary/aromatic N) is 1. The zero-order chi connectivity index (χ0) is 24.1. The Kier molecular flexibility index (Phi) is 7.11. The van der Waals surface area contributed by atoms with Crippen molar-refractivity contribution in [1.29, 1.82) is 0 Å². The van der Waals surface area contributed by atoms with E-state index in [4.69, 9.17) is 9.47 Å². The molecule has 4 rings (SSSR count). The number of ether oxygens (including phenoxy) is 2. The molecule has 0 bridgehead atoms. The molecule has 1 aliphatic heterocycles. The molecular weight excluding hydrogens is 435 g/mol. The second-order valence-corrected chi connectivity index (χ2v) is 8.22. The van der Waals surface area contributed by atoms with Crippen molar-refractivity contribution in [1.82, 2.24) is 10.2 Å². The standard InChI is InChI=1S/C27H27FN2O4/c1-33-24-10-6-9-21(25(24)34-2)22-16-30(27(32)19-7-4-3-5-8-19)17-23(22)26(31)29-15-18-11-13-20(28)14-12-18/h3-14,22-23H,15-17H2,1-2H3,(H,29,31). The van der Waals surface area contributed by atoms with Gasteiger partial charge < -0.3 is 19.7 Å². The molecule has 2 unspecified atom stereocenters. The second kappa shape index (κ2) is 10.4. The van der Waals surface area contributed by atoms with Crippen molar-refractivity contribution in [3.63, 3.8) is 0 Å². The van der Waals surface area contributed by atoms with E-state index in [9.17, 15) is 14.0 Å². The van der Waals surface area contributed by atoms with Gasteiger partial charge >= 0.3 is 0 Å². The largest absolute Gasteiger partial charge is 0.493 e. The molecule has 3 aromatic carbocycles. The first-order chi connectivity index (χ1) is 16.5. The molecule has 0 aromatic heterocycles. The van der Waals surface area contributed by atoms with Gasteiger partial charge in [0.2, 0.25) is 5.91 Å². The van der Waals surface area contributed by atoms with Crippen LogP contribution in [0.2, 0.25) is 0 Å². The molecule has 0 aliphatic carbocycles. The van der Waals surface area contributed by atoms with E-state index in [2.05, 4.69) is 5.32 Å². The predicted molar refractivity (Wildman–Crippen MR) is 126 cm³/mol. The van der Waals surface area contributed by atoms with Gasteiger partial charge in [-0.25, -0.2) is 4.39 Å². The van der Waals surface area contributed by atoms with E-state index in [-0.39, 0.29) is 36.6 Å². The van der Waals surface area contributed by atoms with Crippen LogP contribution in [0.15, 0.2) is 72.8 Å². The lowest BCUT2D eigenvalue weighted by molar-refractivity contribution is -0.125. The van der Waals surface area contributed by atoms with Crippen LogP contribution in [0, 0.1) is 11.7 Å². The van der Waals surface area contributed by atoms with Gasteiger partial charge in [-0.2, -0.15) is 0 Å². The summed E-state index contributed by atoms with van der Waals surface area (Å²) in [6.07, 6.45) is 0. The summed E-state index contributed by atoms with van der Waals surface area (Å²) in [5, 5.41) is 2.95. The van der Waals surface area contributed by atoms with Crippen molar-refractivity contribution in [2.75, 3.05) is 27.3 Å². The molecule has 1 heterocycles. The Balaban J connectivity index is 1.61. The van der Waals surface area contributed by atoms with Crippen LogP contribution >= 0.6 is 0 Å². The van der Waals surface area contributed by atoms with Crippen LogP contribution in [0.25, 0.3) is 0 Å². The summed E-state index contributed by atoms with van der Waals surface area (Å²) in [4.78, 5) is 28.2. The lowest BCUT2D eigenvalue weighted by Gasteiger charge is -2.21. The fraction of sp³-hybridized carbons (Fsp3) is 0.259. The van der Waals surface area contributed by atoms with Gasteiger partial charge in [0, 0.05) is 36.7 Å². The normalized spacial score (nSPS) is 17.3. The predicted octanol–water partition coefficient (Wildman–Crippen LogP) is 4.02. The molecular formula is C27H27FN2O4. The van der Waals surface area contributed by atoms with Gasteiger partial charge in [0.15, 0.2) is 11.5 Å². The molecule has 1 N–H and O–H groups in total. The topological polar surface area (TPSA) is 67.9 Å². The first-order valence-electron chi connectivity index (χ1n) is 11.1. The number of rotatable bonds is 7. The first-order valence-corrected chi connectivity index (χ1v) is 11.1. The van der Waals surface area contributed by atoms with Crippen LogP contribution in [-0.4, -0.2) is 44.0 Å². The molecule has 2 amide bonds.